The van der Waals surface area contributed by atoms with Crippen LogP contribution in [0.15, 0.2) is 0 Å². The lowest BCUT2D eigenvalue weighted by Crippen LogP contribution is -2.26. The van der Waals surface area contributed by atoms with E-state index in [4.69, 9.17) is 0 Å². The fourth-order valence-corrected chi connectivity index (χ4v) is 2.88. The molecule has 0 saturated heterocycles. The van der Waals surface area contributed by atoms with Gasteiger partial charge in [0.1, 0.15) is 0 Å². The molecule has 0 aliphatic heterocycles. The number of rotatable bonds is 6. The van der Waals surface area contributed by atoms with Crippen molar-refractivity contribution in [1.82, 2.24) is 5.32 Å². The predicted molar refractivity (Wildman–Crippen MR) is 68.1 cm³/mol. The fourth-order valence-electron chi connectivity index (χ4n) is 2.88. The van der Waals surface area contributed by atoms with E-state index in [1.165, 1.54) is 51.6 Å². The third kappa shape index (κ3) is 5.01. The third-order valence-electron chi connectivity index (χ3n) is 3.84. The molecule has 90 valence electrons. The Morgan fingerprint density at radius 1 is 1.13 bits per heavy atom. The first-order valence-electron chi connectivity index (χ1n) is 6.94. The molecular weight excluding hydrogens is 182 g/mol. The van der Waals surface area contributed by atoms with Crippen LogP contribution in [0.5, 0.6) is 0 Å². The van der Waals surface area contributed by atoms with Crippen LogP contribution >= 0.6 is 0 Å². The lowest BCUT2D eigenvalue weighted by molar-refractivity contribution is 0.216. The van der Waals surface area contributed by atoms with Crippen molar-refractivity contribution in [2.75, 3.05) is 13.1 Å². The molecule has 1 aliphatic rings. The predicted octanol–water partition coefficient (Wildman–Crippen LogP) is 3.84. The van der Waals surface area contributed by atoms with Crippen molar-refractivity contribution in [2.45, 2.75) is 59.3 Å². The molecule has 0 heterocycles. The van der Waals surface area contributed by atoms with Crippen LogP contribution in [0.1, 0.15) is 59.3 Å². The molecule has 2 unspecified atom stereocenters. The molecule has 0 bridgehead atoms. The summed E-state index contributed by atoms with van der Waals surface area (Å²) in [5.74, 6) is 2.83. The van der Waals surface area contributed by atoms with Gasteiger partial charge in [-0.25, -0.2) is 0 Å². The van der Waals surface area contributed by atoms with E-state index in [-0.39, 0.29) is 0 Å². The normalized spacial score (nSPS) is 27.2. The molecule has 0 aromatic heterocycles. The highest BCUT2D eigenvalue weighted by atomic mass is 14.8. The summed E-state index contributed by atoms with van der Waals surface area (Å²) >= 11 is 0. The van der Waals surface area contributed by atoms with Gasteiger partial charge in [0.05, 0.1) is 0 Å². The quantitative estimate of drug-likeness (QED) is 0.658. The van der Waals surface area contributed by atoms with Gasteiger partial charge in [0, 0.05) is 0 Å². The lowest BCUT2D eigenvalue weighted by Gasteiger charge is -2.31. The van der Waals surface area contributed by atoms with Crippen molar-refractivity contribution in [2.24, 2.45) is 17.8 Å². The van der Waals surface area contributed by atoms with E-state index in [0.717, 1.165) is 17.8 Å². The minimum atomic E-state index is 0.790. The van der Waals surface area contributed by atoms with E-state index in [1.54, 1.807) is 0 Å². The van der Waals surface area contributed by atoms with Crippen molar-refractivity contribution in [3.63, 3.8) is 0 Å². The first-order chi connectivity index (χ1) is 7.24. The number of nitrogens with one attached hydrogen (secondary N) is 1. The number of hydrogen-bond acceptors (Lipinski definition) is 1. The molecule has 1 fully saturated rings. The molecule has 0 aromatic carbocycles. The molecule has 0 spiro atoms. The van der Waals surface area contributed by atoms with Gasteiger partial charge in [-0.15, -0.1) is 0 Å². The molecule has 1 nitrogen and oxygen atoms in total. The van der Waals surface area contributed by atoms with E-state index in [1.807, 2.05) is 0 Å². The summed E-state index contributed by atoms with van der Waals surface area (Å²) in [5, 5.41) is 3.58. The van der Waals surface area contributed by atoms with Crippen LogP contribution in [0, 0.1) is 17.8 Å². The lowest BCUT2D eigenvalue weighted by atomic mass is 9.76. The van der Waals surface area contributed by atoms with Gasteiger partial charge in [0.2, 0.25) is 0 Å². The van der Waals surface area contributed by atoms with Crippen molar-refractivity contribution in [3.05, 3.63) is 0 Å². The average molecular weight is 211 g/mol. The maximum atomic E-state index is 3.58. The molecule has 0 radical (unpaired) electrons. The van der Waals surface area contributed by atoms with Gasteiger partial charge in [-0.3, -0.25) is 0 Å². The molecule has 1 saturated carbocycles. The Balaban J connectivity index is 2.12. The Kier molecular flexibility index (Phi) is 6.31. The second-order valence-corrected chi connectivity index (χ2v) is 5.60. The van der Waals surface area contributed by atoms with E-state index >= 15 is 0 Å². The smallest absolute Gasteiger partial charge is 0.00258 e. The van der Waals surface area contributed by atoms with Crippen LogP contribution in [-0.4, -0.2) is 13.1 Å². The van der Waals surface area contributed by atoms with Gasteiger partial charge >= 0.3 is 0 Å². The second kappa shape index (κ2) is 7.27. The van der Waals surface area contributed by atoms with Crippen LogP contribution in [0.3, 0.4) is 0 Å². The zero-order chi connectivity index (χ0) is 11.1. The number of hydrogen-bond donors (Lipinski definition) is 1. The molecule has 15 heavy (non-hydrogen) atoms. The minimum absolute atomic E-state index is 0.790. The third-order valence-corrected chi connectivity index (χ3v) is 3.84. The summed E-state index contributed by atoms with van der Waals surface area (Å²) in [7, 11) is 0. The highest BCUT2D eigenvalue weighted by molar-refractivity contribution is 4.75. The van der Waals surface area contributed by atoms with Gasteiger partial charge in [0.15, 0.2) is 0 Å². The summed E-state index contributed by atoms with van der Waals surface area (Å²) in [6.45, 7) is 9.35. The average Bonchev–Trinajstić information content (AvgIpc) is 2.24. The highest BCUT2D eigenvalue weighted by Gasteiger charge is 2.22. The van der Waals surface area contributed by atoms with E-state index in [9.17, 15) is 0 Å². The summed E-state index contributed by atoms with van der Waals surface area (Å²) in [6, 6.07) is 0. The molecular formula is C14H29N. The molecule has 2 atom stereocenters. The maximum absolute atomic E-state index is 3.58. The standard InChI is InChI=1S/C14H29N/c1-4-13-7-5-6-8-14(13)9-10-15-11-12(2)3/h12-15H,4-11H2,1-3H3. The zero-order valence-corrected chi connectivity index (χ0v) is 10.9. The maximum Gasteiger partial charge on any atom is -0.00258 e. The second-order valence-electron chi connectivity index (χ2n) is 5.60. The van der Waals surface area contributed by atoms with Gasteiger partial charge in [0.25, 0.3) is 0 Å². The first kappa shape index (κ1) is 13.0. The summed E-state index contributed by atoms with van der Waals surface area (Å²) in [6.07, 6.45) is 8.74. The van der Waals surface area contributed by atoms with Crippen molar-refractivity contribution in [3.8, 4) is 0 Å². The monoisotopic (exact) mass is 211 g/mol. The Morgan fingerprint density at radius 3 is 2.40 bits per heavy atom. The van der Waals surface area contributed by atoms with Crippen LogP contribution in [-0.2, 0) is 0 Å². The van der Waals surface area contributed by atoms with Gasteiger partial charge in [-0.2, -0.15) is 0 Å². The largest absolute Gasteiger partial charge is 0.316 e. The summed E-state index contributed by atoms with van der Waals surface area (Å²) < 4.78 is 0. The minimum Gasteiger partial charge on any atom is -0.316 e. The van der Waals surface area contributed by atoms with Gasteiger partial charge < -0.3 is 5.32 Å². The van der Waals surface area contributed by atoms with E-state index in [2.05, 4.69) is 26.1 Å². The molecule has 1 heteroatoms. The van der Waals surface area contributed by atoms with Crippen molar-refractivity contribution < 1.29 is 0 Å². The van der Waals surface area contributed by atoms with Gasteiger partial charge in [-0.1, -0.05) is 52.9 Å². The SMILES string of the molecule is CCC1CCCCC1CCNCC(C)C. The Bertz CT molecular complexity index is 153. The van der Waals surface area contributed by atoms with Crippen LogP contribution in [0.25, 0.3) is 0 Å². The van der Waals surface area contributed by atoms with Crippen LogP contribution < -0.4 is 5.32 Å². The molecule has 0 amide bonds. The van der Waals surface area contributed by atoms with E-state index in [0.29, 0.717) is 0 Å². The molecule has 1 aliphatic carbocycles. The van der Waals surface area contributed by atoms with Crippen LogP contribution in [0.2, 0.25) is 0 Å². The highest BCUT2D eigenvalue weighted by Crippen LogP contribution is 2.33. The summed E-state index contributed by atoms with van der Waals surface area (Å²) in [4.78, 5) is 0. The van der Waals surface area contributed by atoms with Crippen LogP contribution in [0.4, 0.5) is 0 Å². The Morgan fingerprint density at radius 2 is 1.80 bits per heavy atom. The van der Waals surface area contributed by atoms with Crippen molar-refractivity contribution in [1.29, 1.82) is 0 Å². The zero-order valence-electron chi connectivity index (χ0n) is 10.9. The van der Waals surface area contributed by atoms with Gasteiger partial charge in [-0.05, 0) is 37.3 Å². The van der Waals surface area contributed by atoms with E-state index < -0.39 is 0 Å². The summed E-state index contributed by atoms with van der Waals surface area (Å²) in [5.41, 5.74) is 0. The molecule has 1 rings (SSSR count). The Hall–Kier alpha value is -0.0400. The molecule has 1 N–H and O–H groups in total. The molecule has 0 aromatic rings. The fraction of sp³-hybridized carbons (Fsp3) is 1.00. The Labute approximate surface area is 96.0 Å². The van der Waals surface area contributed by atoms with Crippen molar-refractivity contribution >= 4 is 0 Å². The topological polar surface area (TPSA) is 12.0 Å². The first-order valence-corrected chi connectivity index (χ1v) is 6.94.